The van der Waals surface area contributed by atoms with Crippen molar-refractivity contribution in [3.63, 3.8) is 0 Å². The van der Waals surface area contributed by atoms with E-state index in [4.69, 9.17) is 0 Å². The molecule has 0 radical (unpaired) electrons. The topological polar surface area (TPSA) is 68.7 Å². The summed E-state index contributed by atoms with van der Waals surface area (Å²) in [6.07, 6.45) is 0. The molecule has 0 spiro atoms. The first-order valence-corrected chi connectivity index (χ1v) is 4.80. The summed E-state index contributed by atoms with van der Waals surface area (Å²) in [6, 6.07) is 3.17. The average Bonchev–Trinajstić information content (AvgIpc) is 2.78. The van der Waals surface area contributed by atoms with Gasteiger partial charge in [-0.15, -0.1) is 0 Å². The Kier molecular flexibility index (Phi) is 1.50. The fourth-order valence-electron chi connectivity index (χ4n) is 1.83. The number of aryl methyl sites for hydroxylation is 2. The van der Waals surface area contributed by atoms with E-state index in [1.807, 2.05) is 0 Å². The Morgan fingerprint density at radius 3 is 1.62 bits per heavy atom. The molecule has 6 heteroatoms. The van der Waals surface area contributed by atoms with E-state index in [-0.39, 0.29) is 22.2 Å². The zero-order valence-corrected chi connectivity index (χ0v) is 8.76. The van der Waals surface area contributed by atoms with Gasteiger partial charge in [0.1, 0.15) is 11.0 Å². The fourth-order valence-corrected chi connectivity index (χ4v) is 1.83. The first kappa shape index (κ1) is 9.02. The summed E-state index contributed by atoms with van der Waals surface area (Å²) in [7, 11) is 0. The maximum atomic E-state index is 12.0. The van der Waals surface area contributed by atoms with Crippen molar-refractivity contribution in [3.8, 4) is 0 Å². The van der Waals surface area contributed by atoms with Crippen LogP contribution < -0.4 is 11.1 Å². The summed E-state index contributed by atoms with van der Waals surface area (Å²) in [5.41, 5.74) is 1.17. The molecule has 0 aromatic carbocycles. The van der Waals surface area contributed by atoms with Crippen molar-refractivity contribution in [2.45, 2.75) is 13.8 Å². The van der Waals surface area contributed by atoms with Gasteiger partial charge in [-0.25, -0.2) is 0 Å². The Bertz CT molecular complexity index is 686. The van der Waals surface area contributed by atoms with E-state index in [9.17, 15) is 9.59 Å². The van der Waals surface area contributed by atoms with Gasteiger partial charge < -0.3 is 0 Å². The average molecular weight is 216 g/mol. The van der Waals surface area contributed by atoms with Gasteiger partial charge in [-0.2, -0.15) is 19.2 Å². The number of nitrogens with zero attached hydrogens (tertiary/aromatic N) is 4. The maximum absolute atomic E-state index is 12.0. The van der Waals surface area contributed by atoms with Crippen LogP contribution in [-0.4, -0.2) is 19.2 Å². The zero-order chi connectivity index (χ0) is 11.4. The van der Waals surface area contributed by atoms with Gasteiger partial charge in [-0.1, -0.05) is 0 Å². The van der Waals surface area contributed by atoms with Crippen molar-refractivity contribution in [1.82, 2.24) is 19.2 Å². The molecule has 3 heterocycles. The minimum Gasteiger partial charge on any atom is -0.265 e. The molecule has 0 N–H and O–H groups in total. The molecule has 3 aromatic heterocycles. The molecule has 0 atom stereocenters. The molecule has 0 amide bonds. The quantitative estimate of drug-likeness (QED) is 0.520. The first-order chi connectivity index (χ1) is 7.58. The Hall–Kier alpha value is -2.24. The summed E-state index contributed by atoms with van der Waals surface area (Å²) in [4.78, 5) is 23.9. The van der Waals surface area contributed by atoms with Crippen LogP contribution >= 0.6 is 0 Å². The molecule has 16 heavy (non-hydrogen) atoms. The highest BCUT2D eigenvalue weighted by Crippen LogP contribution is 2.02. The van der Waals surface area contributed by atoms with Crippen LogP contribution in [0.3, 0.4) is 0 Å². The third kappa shape index (κ3) is 0.955. The van der Waals surface area contributed by atoms with E-state index in [0.717, 1.165) is 9.03 Å². The van der Waals surface area contributed by atoms with Crippen molar-refractivity contribution in [1.29, 1.82) is 0 Å². The summed E-state index contributed by atoms with van der Waals surface area (Å²) >= 11 is 0. The van der Waals surface area contributed by atoms with E-state index in [2.05, 4.69) is 10.2 Å². The van der Waals surface area contributed by atoms with E-state index < -0.39 is 0 Å². The normalized spacial score (nSPS) is 11.6. The van der Waals surface area contributed by atoms with Crippen LogP contribution in [0.5, 0.6) is 0 Å². The summed E-state index contributed by atoms with van der Waals surface area (Å²) in [6.45, 7) is 3.47. The Labute approximate surface area is 89.1 Å². The van der Waals surface area contributed by atoms with Gasteiger partial charge in [-0.3, -0.25) is 9.59 Å². The third-order valence-corrected chi connectivity index (χ3v) is 2.49. The van der Waals surface area contributed by atoms with Crippen LogP contribution in [0, 0.1) is 13.8 Å². The van der Waals surface area contributed by atoms with Crippen molar-refractivity contribution < 1.29 is 0 Å². The number of hydrogen-bond acceptors (Lipinski definition) is 4. The summed E-state index contributed by atoms with van der Waals surface area (Å²) in [5, 5.41) is 7.99. The number of aromatic nitrogens is 4. The van der Waals surface area contributed by atoms with E-state index in [1.165, 1.54) is 0 Å². The molecular formula is C10H8N4O2. The SMILES string of the molecule is Cc1cc2c(=O)n3nc(C)cc3c(=O)n2n1. The minimum atomic E-state index is -0.316. The van der Waals surface area contributed by atoms with Crippen molar-refractivity contribution in [2.24, 2.45) is 0 Å². The number of hydrogen-bond donors (Lipinski definition) is 0. The standard InChI is InChI=1S/C10H8N4O2/c1-5-3-7-9(15)14-8(4-6(2)12-14)10(16)13(7)11-5/h3-4H,1-2H3. The highest BCUT2D eigenvalue weighted by molar-refractivity contribution is 5.54. The smallest absolute Gasteiger partial charge is 0.265 e. The lowest BCUT2D eigenvalue weighted by molar-refractivity contribution is 0.837. The molecule has 0 bridgehead atoms. The second kappa shape index (κ2) is 2.66. The molecule has 0 fully saturated rings. The molecule has 0 aliphatic heterocycles. The summed E-state index contributed by atoms with van der Waals surface area (Å²) < 4.78 is 2.27. The van der Waals surface area contributed by atoms with Crippen LogP contribution in [0.2, 0.25) is 0 Å². The third-order valence-electron chi connectivity index (χ3n) is 2.49. The van der Waals surface area contributed by atoms with Gasteiger partial charge in [0.05, 0.1) is 11.4 Å². The molecule has 3 aromatic rings. The fraction of sp³-hybridized carbons (Fsp3) is 0.200. The van der Waals surface area contributed by atoms with Crippen LogP contribution in [0.15, 0.2) is 21.7 Å². The predicted molar refractivity (Wildman–Crippen MR) is 57.1 cm³/mol. The number of rotatable bonds is 0. The van der Waals surface area contributed by atoms with Crippen LogP contribution in [0.1, 0.15) is 11.4 Å². The minimum absolute atomic E-state index is 0.262. The Balaban J connectivity index is 2.75. The van der Waals surface area contributed by atoms with Gasteiger partial charge >= 0.3 is 0 Å². The molecule has 0 aliphatic rings. The number of fused-ring (bicyclic) bond motifs is 2. The molecule has 0 saturated carbocycles. The van der Waals surface area contributed by atoms with Gasteiger partial charge in [-0.05, 0) is 26.0 Å². The second-order valence-electron chi connectivity index (χ2n) is 3.78. The van der Waals surface area contributed by atoms with Crippen LogP contribution in [0.4, 0.5) is 0 Å². The predicted octanol–water partition coefficient (Wildman–Crippen LogP) is -0.243. The van der Waals surface area contributed by atoms with E-state index in [0.29, 0.717) is 11.4 Å². The largest absolute Gasteiger partial charge is 0.297 e. The lowest BCUT2D eigenvalue weighted by Crippen LogP contribution is -2.26. The van der Waals surface area contributed by atoms with Gasteiger partial charge in [0.15, 0.2) is 0 Å². The maximum Gasteiger partial charge on any atom is 0.297 e. The lowest BCUT2D eigenvalue weighted by Gasteiger charge is -1.92. The van der Waals surface area contributed by atoms with Crippen molar-refractivity contribution >= 4 is 11.0 Å². The molecule has 80 valence electrons. The lowest BCUT2D eigenvalue weighted by atomic mass is 10.4. The van der Waals surface area contributed by atoms with Gasteiger partial charge in [0.25, 0.3) is 11.1 Å². The Morgan fingerprint density at radius 2 is 1.25 bits per heavy atom. The highest BCUT2D eigenvalue weighted by atomic mass is 16.2. The highest BCUT2D eigenvalue weighted by Gasteiger charge is 2.13. The van der Waals surface area contributed by atoms with Crippen molar-refractivity contribution in [3.05, 3.63) is 44.2 Å². The van der Waals surface area contributed by atoms with Crippen LogP contribution in [-0.2, 0) is 0 Å². The molecule has 6 nitrogen and oxygen atoms in total. The first-order valence-electron chi connectivity index (χ1n) is 4.80. The molecule has 0 aliphatic carbocycles. The molecule has 0 saturated heterocycles. The van der Waals surface area contributed by atoms with Gasteiger partial charge in [0.2, 0.25) is 0 Å². The molecule has 0 unspecified atom stereocenters. The van der Waals surface area contributed by atoms with E-state index >= 15 is 0 Å². The Morgan fingerprint density at radius 1 is 0.875 bits per heavy atom. The van der Waals surface area contributed by atoms with Crippen molar-refractivity contribution in [2.75, 3.05) is 0 Å². The second-order valence-corrected chi connectivity index (χ2v) is 3.78. The molecular weight excluding hydrogens is 208 g/mol. The monoisotopic (exact) mass is 216 g/mol. The van der Waals surface area contributed by atoms with Crippen LogP contribution in [0.25, 0.3) is 11.0 Å². The molecule has 3 rings (SSSR count). The van der Waals surface area contributed by atoms with E-state index in [1.54, 1.807) is 26.0 Å². The zero-order valence-electron chi connectivity index (χ0n) is 8.76. The van der Waals surface area contributed by atoms with Gasteiger partial charge in [0, 0.05) is 0 Å². The summed E-state index contributed by atoms with van der Waals surface area (Å²) in [5.74, 6) is 0.